The van der Waals surface area contributed by atoms with E-state index >= 15 is 0 Å². The van der Waals surface area contributed by atoms with Gasteiger partial charge in [0.1, 0.15) is 23.5 Å². The van der Waals surface area contributed by atoms with Gasteiger partial charge in [0.2, 0.25) is 0 Å². The summed E-state index contributed by atoms with van der Waals surface area (Å²) >= 11 is 0. The van der Waals surface area contributed by atoms with Crippen LogP contribution in [0.4, 0.5) is 0 Å². The van der Waals surface area contributed by atoms with Crippen LogP contribution in [-0.4, -0.2) is 58.3 Å². The molecule has 3 aromatic rings. The number of hydrogen-bond acceptors (Lipinski definition) is 6. The van der Waals surface area contributed by atoms with Crippen LogP contribution in [0.2, 0.25) is 0 Å². The number of Topliss-reactive ketones (excluding diaryl/α,β-unsaturated/α-hetero) is 1. The minimum atomic E-state index is -0.217. The van der Waals surface area contributed by atoms with E-state index in [-0.39, 0.29) is 25.1 Å². The minimum absolute atomic E-state index is 0.0405. The predicted octanol–water partition coefficient (Wildman–Crippen LogP) is 3.13. The summed E-state index contributed by atoms with van der Waals surface area (Å²) in [5.41, 5.74) is 2.20. The van der Waals surface area contributed by atoms with Crippen molar-refractivity contribution in [1.82, 2.24) is 4.90 Å². The summed E-state index contributed by atoms with van der Waals surface area (Å²) < 4.78 is 11.4. The molecular formula is C24H25NO5. The fourth-order valence-electron chi connectivity index (χ4n) is 5.93. The number of aliphatic hydroxyl groups excluding tert-OH is 2. The molecule has 5 atom stereocenters. The fourth-order valence-corrected chi connectivity index (χ4v) is 5.93. The van der Waals surface area contributed by atoms with E-state index in [0.29, 0.717) is 41.8 Å². The molecule has 3 aliphatic rings. The Morgan fingerprint density at radius 1 is 1.07 bits per heavy atom. The average molecular weight is 407 g/mol. The second kappa shape index (κ2) is 6.80. The lowest BCUT2D eigenvalue weighted by molar-refractivity contribution is -0.212. The third kappa shape index (κ3) is 2.71. The number of rotatable bonds is 6. The van der Waals surface area contributed by atoms with E-state index in [1.54, 1.807) is 0 Å². The van der Waals surface area contributed by atoms with Gasteiger partial charge in [0, 0.05) is 40.9 Å². The van der Waals surface area contributed by atoms with E-state index in [9.17, 15) is 9.90 Å². The highest BCUT2D eigenvalue weighted by atomic mass is 16.5. The van der Waals surface area contributed by atoms with Crippen molar-refractivity contribution in [2.45, 2.75) is 49.9 Å². The molecule has 3 saturated heterocycles. The Labute approximate surface area is 174 Å². The molecule has 0 amide bonds. The number of nitrogens with zero attached hydrogens (tertiary/aromatic N) is 1. The first-order valence-electron chi connectivity index (χ1n) is 10.8. The lowest BCUT2D eigenvalue weighted by Crippen LogP contribution is -2.78. The fraction of sp³-hybridized carbons (Fsp3) is 0.458. The van der Waals surface area contributed by atoms with E-state index in [0.717, 1.165) is 41.2 Å². The van der Waals surface area contributed by atoms with Gasteiger partial charge in [0.15, 0.2) is 5.78 Å². The van der Waals surface area contributed by atoms with Crippen molar-refractivity contribution in [3.63, 3.8) is 0 Å². The Balaban J connectivity index is 1.26. The maximum absolute atomic E-state index is 13.1. The maximum Gasteiger partial charge on any atom is 0.163 e. The number of benzene rings is 2. The number of furan rings is 1. The van der Waals surface area contributed by atoms with E-state index < -0.39 is 0 Å². The van der Waals surface area contributed by atoms with E-state index in [2.05, 4.69) is 4.90 Å². The van der Waals surface area contributed by atoms with Crippen LogP contribution >= 0.6 is 0 Å². The van der Waals surface area contributed by atoms with Crippen molar-refractivity contribution >= 4 is 27.7 Å². The quantitative estimate of drug-likeness (QED) is 0.611. The molecule has 6 nitrogen and oxygen atoms in total. The number of ether oxygens (including phenoxy) is 1. The first-order valence-corrected chi connectivity index (χ1v) is 10.8. The summed E-state index contributed by atoms with van der Waals surface area (Å²) in [6, 6.07) is 12.6. The smallest absolute Gasteiger partial charge is 0.163 e. The van der Waals surface area contributed by atoms with Gasteiger partial charge in [-0.05, 0) is 61.6 Å². The molecule has 3 fully saturated rings. The van der Waals surface area contributed by atoms with Crippen molar-refractivity contribution in [2.75, 3.05) is 13.2 Å². The van der Waals surface area contributed by atoms with Crippen LogP contribution in [0.3, 0.4) is 0 Å². The summed E-state index contributed by atoms with van der Waals surface area (Å²) in [6.45, 7) is 0.197. The number of carbonyl (C=O) groups excluding carboxylic acids is 1. The molecule has 6 rings (SSSR count). The highest BCUT2D eigenvalue weighted by molar-refractivity contribution is 6.09. The van der Waals surface area contributed by atoms with Crippen LogP contribution in [0.15, 0.2) is 40.8 Å². The normalized spacial score (nSPS) is 30.0. The van der Waals surface area contributed by atoms with Gasteiger partial charge in [-0.3, -0.25) is 9.69 Å². The lowest BCUT2D eigenvalue weighted by atomic mass is 9.61. The molecule has 0 bridgehead atoms. The molecule has 0 radical (unpaired) electrons. The molecule has 0 saturated carbocycles. The van der Waals surface area contributed by atoms with Crippen molar-refractivity contribution < 1.29 is 24.2 Å². The molecule has 156 valence electrons. The zero-order valence-corrected chi connectivity index (χ0v) is 16.7. The number of fused-ring (bicyclic) bond motifs is 3. The van der Waals surface area contributed by atoms with Crippen molar-refractivity contribution in [3.8, 4) is 5.75 Å². The van der Waals surface area contributed by atoms with Crippen LogP contribution in [0, 0.1) is 5.92 Å². The van der Waals surface area contributed by atoms with Gasteiger partial charge in [-0.15, -0.1) is 0 Å². The topological polar surface area (TPSA) is 83.1 Å². The van der Waals surface area contributed by atoms with E-state index in [1.165, 1.54) is 0 Å². The maximum atomic E-state index is 13.1. The van der Waals surface area contributed by atoms with Gasteiger partial charge >= 0.3 is 0 Å². The number of carbonyl (C=O) groups is 1. The number of ketones is 1. The Morgan fingerprint density at radius 2 is 1.83 bits per heavy atom. The third-order valence-electron chi connectivity index (χ3n) is 7.29. The van der Waals surface area contributed by atoms with Crippen LogP contribution in [0.25, 0.3) is 21.9 Å². The summed E-state index contributed by atoms with van der Waals surface area (Å²) in [4.78, 5) is 15.6. The summed E-state index contributed by atoms with van der Waals surface area (Å²) in [5.74, 6) is 1.19. The summed E-state index contributed by atoms with van der Waals surface area (Å²) in [5, 5.41) is 20.9. The highest BCUT2D eigenvalue weighted by Crippen LogP contribution is 2.53. The summed E-state index contributed by atoms with van der Waals surface area (Å²) in [6.07, 6.45) is 3.13. The summed E-state index contributed by atoms with van der Waals surface area (Å²) in [7, 11) is 0. The first kappa shape index (κ1) is 18.4. The van der Waals surface area contributed by atoms with Crippen molar-refractivity contribution in [2.24, 2.45) is 5.92 Å². The van der Waals surface area contributed by atoms with E-state index in [1.807, 2.05) is 36.4 Å². The highest BCUT2D eigenvalue weighted by Gasteiger charge is 2.61. The molecule has 0 spiro atoms. The second-order valence-corrected chi connectivity index (χ2v) is 8.93. The predicted molar refractivity (Wildman–Crippen MR) is 112 cm³/mol. The van der Waals surface area contributed by atoms with Gasteiger partial charge in [0.05, 0.1) is 12.7 Å². The van der Waals surface area contributed by atoms with Gasteiger partial charge in [-0.1, -0.05) is 0 Å². The van der Waals surface area contributed by atoms with Crippen LogP contribution in [-0.2, 0) is 0 Å². The molecule has 4 heterocycles. The molecule has 6 heteroatoms. The van der Waals surface area contributed by atoms with Crippen LogP contribution < -0.4 is 4.74 Å². The van der Waals surface area contributed by atoms with Gasteiger partial charge in [-0.25, -0.2) is 0 Å². The molecule has 2 aromatic carbocycles. The molecule has 2 N–H and O–H groups in total. The lowest BCUT2D eigenvalue weighted by Gasteiger charge is -2.70. The number of piperidine rings is 2. The zero-order valence-electron chi connectivity index (χ0n) is 16.7. The van der Waals surface area contributed by atoms with Crippen molar-refractivity contribution in [3.05, 3.63) is 42.0 Å². The largest absolute Gasteiger partial charge is 0.491 e. The Kier molecular flexibility index (Phi) is 4.17. The minimum Gasteiger partial charge on any atom is -0.491 e. The molecular weight excluding hydrogens is 382 g/mol. The first-order chi connectivity index (χ1) is 14.6. The Bertz CT molecular complexity index is 1140. The molecule has 5 unspecified atom stereocenters. The van der Waals surface area contributed by atoms with Crippen LogP contribution in [0.5, 0.6) is 5.75 Å². The van der Waals surface area contributed by atoms with E-state index in [4.69, 9.17) is 14.3 Å². The van der Waals surface area contributed by atoms with Gasteiger partial charge in [-0.2, -0.15) is 0 Å². The number of hydrogen-bond donors (Lipinski definition) is 2. The number of aliphatic hydroxyl groups is 2. The molecule has 0 aliphatic carbocycles. The van der Waals surface area contributed by atoms with Gasteiger partial charge < -0.3 is 19.4 Å². The molecule has 30 heavy (non-hydrogen) atoms. The van der Waals surface area contributed by atoms with Crippen molar-refractivity contribution in [1.29, 1.82) is 0 Å². The van der Waals surface area contributed by atoms with Crippen LogP contribution in [0.1, 0.15) is 36.0 Å². The average Bonchev–Trinajstić information content (AvgIpc) is 3.09. The Morgan fingerprint density at radius 3 is 2.67 bits per heavy atom. The third-order valence-corrected chi connectivity index (χ3v) is 7.29. The van der Waals surface area contributed by atoms with Gasteiger partial charge in [0.25, 0.3) is 0 Å². The molecule has 3 aliphatic heterocycles. The molecule has 1 aromatic heterocycles. The Hall–Kier alpha value is -2.41. The SMILES string of the molecule is O=C(CC1C2CC(O)CC3CC1N32)c1ccc2oc3ccc(OCCO)cc3c2c1. The monoisotopic (exact) mass is 407 g/mol. The second-order valence-electron chi connectivity index (χ2n) is 8.93. The zero-order chi connectivity index (χ0) is 20.4. The standard InChI is InChI=1S/C24H25NO5/c26-5-6-29-16-2-4-24-18(11-16)17-7-13(1-3-23(17)30-24)22(28)12-19-20-9-14-8-15(27)10-21(19)25(14)20/h1-4,7,11,14-15,19-21,26-27H,5-6,8-10,12H2.